The Kier molecular flexibility index (Phi) is 6.81. The van der Waals surface area contributed by atoms with Crippen LogP contribution in [0.2, 0.25) is 0 Å². The number of carbonyl (C=O) groups is 1. The zero-order valence-electron chi connectivity index (χ0n) is 10.9. The lowest BCUT2D eigenvalue weighted by Crippen LogP contribution is -2.38. The topological polar surface area (TPSA) is 41.6 Å². The van der Waals surface area contributed by atoms with Gasteiger partial charge in [0.15, 0.2) is 0 Å². The van der Waals surface area contributed by atoms with Gasteiger partial charge in [-0.2, -0.15) is 0 Å². The number of hydrogen-bond donors (Lipinski definition) is 1. The standard InChI is InChI=1S/C12H24N2O2/c1-6-9-14(10-7-8-13-5)11(15)16-12(2,3)4/h6,13H,1,7-10H2,2-5H3. The summed E-state index contributed by atoms with van der Waals surface area (Å²) in [5.41, 5.74) is -0.445. The van der Waals surface area contributed by atoms with E-state index in [-0.39, 0.29) is 6.09 Å². The molecule has 0 aromatic carbocycles. The molecule has 0 unspecified atom stereocenters. The Labute approximate surface area is 98.6 Å². The molecule has 0 saturated heterocycles. The quantitative estimate of drug-likeness (QED) is 0.558. The number of rotatable bonds is 6. The van der Waals surface area contributed by atoms with E-state index in [4.69, 9.17) is 4.74 Å². The van der Waals surface area contributed by atoms with Gasteiger partial charge in [-0.25, -0.2) is 4.79 Å². The summed E-state index contributed by atoms with van der Waals surface area (Å²) >= 11 is 0. The molecule has 4 nitrogen and oxygen atoms in total. The fourth-order valence-corrected chi connectivity index (χ4v) is 1.19. The van der Waals surface area contributed by atoms with E-state index in [2.05, 4.69) is 11.9 Å². The van der Waals surface area contributed by atoms with Crippen LogP contribution in [0, 0.1) is 0 Å². The minimum absolute atomic E-state index is 0.275. The van der Waals surface area contributed by atoms with Crippen LogP contribution in [0.1, 0.15) is 27.2 Å². The highest BCUT2D eigenvalue weighted by Gasteiger charge is 2.20. The van der Waals surface area contributed by atoms with Crippen LogP contribution >= 0.6 is 0 Å². The fraction of sp³-hybridized carbons (Fsp3) is 0.750. The summed E-state index contributed by atoms with van der Waals surface area (Å²) in [5.74, 6) is 0. The highest BCUT2D eigenvalue weighted by atomic mass is 16.6. The van der Waals surface area contributed by atoms with E-state index in [0.29, 0.717) is 13.1 Å². The first-order valence-electron chi connectivity index (χ1n) is 5.64. The average Bonchev–Trinajstić information content (AvgIpc) is 2.14. The van der Waals surface area contributed by atoms with Crippen molar-refractivity contribution < 1.29 is 9.53 Å². The maximum atomic E-state index is 11.8. The first kappa shape index (κ1) is 15.0. The highest BCUT2D eigenvalue weighted by Crippen LogP contribution is 2.10. The van der Waals surface area contributed by atoms with Crippen molar-refractivity contribution in [2.75, 3.05) is 26.7 Å². The van der Waals surface area contributed by atoms with E-state index in [9.17, 15) is 4.79 Å². The van der Waals surface area contributed by atoms with Crippen LogP contribution in [-0.4, -0.2) is 43.3 Å². The highest BCUT2D eigenvalue weighted by molar-refractivity contribution is 5.68. The molecule has 0 aliphatic carbocycles. The van der Waals surface area contributed by atoms with Gasteiger partial charge >= 0.3 is 6.09 Å². The zero-order chi connectivity index (χ0) is 12.6. The Balaban J connectivity index is 4.18. The predicted molar refractivity (Wildman–Crippen MR) is 66.5 cm³/mol. The van der Waals surface area contributed by atoms with Crippen LogP contribution in [-0.2, 0) is 4.74 Å². The molecule has 1 amide bonds. The number of carbonyl (C=O) groups excluding carboxylic acids is 1. The van der Waals surface area contributed by atoms with E-state index in [1.165, 1.54) is 0 Å². The summed E-state index contributed by atoms with van der Waals surface area (Å²) in [6.07, 6.45) is 2.34. The summed E-state index contributed by atoms with van der Waals surface area (Å²) in [7, 11) is 1.89. The van der Waals surface area contributed by atoms with Crippen LogP contribution in [0.3, 0.4) is 0 Å². The van der Waals surface area contributed by atoms with Gasteiger partial charge in [0, 0.05) is 13.1 Å². The molecule has 0 aromatic rings. The van der Waals surface area contributed by atoms with Gasteiger partial charge < -0.3 is 15.0 Å². The van der Waals surface area contributed by atoms with Gasteiger partial charge in [0.1, 0.15) is 5.60 Å². The van der Waals surface area contributed by atoms with Crippen molar-refractivity contribution in [3.8, 4) is 0 Å². The van der Waals surface area contributed by atoms with Crippen LogP contribution in [0.15, 0.2) is 12.7 Å². The molecule has 4 heteroatoms. The Morgan fingerprint density at radius 1 is 1.50 bits per heavy atom. The number of nitrogens with one attached hydrogen (secondary N) is 1. The molecule has 0 heterocycles. The van der Waals surface area contributed by atoms with Crippen molar-refractivity contribution in [1.29, 1.82) is 0 Å². The fourth-order valence-electron chi connectivity index (χ4n) is 1.19. The van der Waals surface area contributed by atoms with Crippen molar-refractivity contribution in [3.05, 3.63) is 12.7 Å². The number of nitrogens with zero attached hydrogens (tertiary/aromatic N) is 1. The second kappa shape index (κ2) is 7.28. The molecule has 0 saturated carbocycles. The third-order valence-corrected chi connectivity index (χ3v) is 1.86. The van der Waals surface area contributed by atoms with E-state index in [1.807, 2.05) is 27.8 Å². The lowest BCUT2D eigenvalue weighted by atomic mass is 10.2. The number of ether oxygens (including phenoxy) is 1. The van der Waals surface area contributed by atoms with Crippen LogP contribution < -0.4 is 5.32 Å². The molecule has 0 fully saturated rings. The van der Waals surface area contributed by atoms with Gasteiger partial charge in [0.25, 0.3) is 0 Å². The summed E-state index contributed by atoms with van der Waals surface area (Å²) in [4.78, 5) is 13.4. The van der Waals surface area contributed by atoms with Gasteiger partial charge in [-0.3, -0.25) is 0 Å². The molecule has 0 aliphatic heterocycles. The predicted octanol–water partition coefficient (Wildman–Crippen LogP) is 2.02. The summed E-state index contributed by atoms with van der Waals surface area (Å²) in [5, 5.41) is 3.05. The van der Waals surface area contributed by atoms with Crippen molar-refractivity contribution in [3.63, 3.8) is 0 Å². The van der Waals surface area contributed by atoms with E-state index < -0.39 is 5.60 Å². The SMILES string of the molecule is C=CCN(CCCNC)C(=O)OC(C)(C)C. The molecule has 16 heavy (non-hydrogen) atoms. The second-order valence-electron chi connectivity index (χ2n) is 4.67. The summed E-state index contributed by atoms with van der Waals surface area (Å²) in [6, 6.07) is 0. The number of hydrogen-bond acceptors (Lipinski definition) is 3. The molecular formula is C12H24N2O2. The second-order valence-corrected chi connectivity index (χ2v) is 4.67. The monoisotopic (exact) mass is 228 g/mol. The van der Waals surface area contributed by atoms with Crippen LogP contribution in [0.5, 0.6) is 0 Å². The summed E-state index contributed by atoms with van der Waals surface area (Å²) < 4.78 is 5.30. The van der Waals surface area contributed by atoms with Crippen molar-refractivity contribution >= 4 is 6.09 Å². The third kappa shape index (κ3) is 7.29. The lowest BCUT2D eigenvalue weighted by molar-refractivity contribution is 0.0270. The van der Waals surface area contributed by atoms with E-state index >= 15 is 0 Å². The van der Waals surface area contributed by atoms with Gasteiger partial charge in [-0.1, -0.05) is 6.08 Å². The van der Waals surface area contributed by atoms with Crippen molar-refractivity contribution in [1.82, 2.24) is 10.2 Å². The Hall–Kier alpha value is -1.03. The molecule has 0 radical (unpaired) electrons. The largest absolute Gasteiger partial charge is 0.444 e. The molecule has 94 valence electrons. The normalized spacial score (nSPS) is 11.0. The lowest BCUT2D eigenvalue weighted by Gasteiger charge is -2.26. The smallest absolute Gasteiger partial charge is 0.410 e. The number of amides is 1. The zero-order valence-corrected chi connectivity index (χ0v) is 10.9. The van der Waals surface area contributed by atoms with Gasteiger partial charge in [0.05, 0.1) is 0 Å². The van der Waals surface area contributed by atoms with Crippen LogP contribution in [0.25, 0.3) is 0 Å². The first-order valence-corrected chi connectivity index (χ1v) is 5.64. The minimum atomic E-state index is -0.445. The van der Waals surface area contributed by atoms with Gasteiger partial charge in [-0.05, 0) is 40.8 Å². The first-order chi connectivity index (χ1) is 7.40. The van der Waals surface area contributed by atoms with Gasteiger partial charge in [0.2, 0.25) is 0 Å². The molecular weight excluding hydrogens is 204 g/mol. The average molecular weight is 228 g/mol. The van der Waals surface area contributed by atoms with Crippen LogP contribution in [0.4, 0.5) is 4.79 Å². The molecule has 0 bridgehead atoms. The molecule has 0 atom stereocenters. The van der Waals surface area contributed by atoms with E-state index in [1.54, 1.807) is 11.0 Å². The van der Waals surface area contributed by atoms with Crippen molar-refractivity contribution in [2.45, 2.75) is 32.8 Å². The maximum absolute atomic E-state index is 11.8. The van der Waals surface area contributed by atoms with Gasteiger partial charge in [-0.15, -0.1) is 6.58 Å². The molecule has 0 aromatic heterocycles. The minimum Gasteiger partial charge on any atom is -0.444 e. The third-order valence-electron chi connectivity index (χ3n) is 1.86. The molecule has 0 aliphatic rings. The Morgan fingerprint density at radius 3 is 2.56 bits per heavy atom. The Bertz CT molecular complexity index is 222. The molecule has 0 rings (SSSR count). The van der Waals surface area contributed by atoms with E-state index in [0.717, 1.165) is 13.0 Å². The Morgan fingerprint density at radius 2 is 2.12 bits per heavy atom. The van der Waals surface area contributed by atoms with Crippen molar-refractivity contribution in [2.24, 2.45) is 0 Å². The molecule has 1 N–H and O–H groups in total. The maximum Gasteiger partial charge on any atom is 0.410 e. The summed E-state index contributed by atoms with van der Waals surface area (Å²) in [6.45, 7) is 11.3. The molecule has 0 spiro atoms.